The van der Waals surface area contributed by atoms with Crippen molar-refractivity contribution >= 4 is 24.3 Å². The summed E-state index contributed by atoms with van der Waals surface area (Å²) in [6, 6.07) is 0. The highest BCUT2D eigenvalue weighted by atomic mass is 35.5. The second kappa shape index (κ2) is 8.38. The molecule has 0 bridgehead atoms. The van der Waals surface area contributed by atoms with Crippen LogP contribution in [0.3, 0.4) is 0 Å². The van der Waals surface area contributed by atoms with E-state index in [4.69, 9.17) is 10.5 Å². The minimum Gasteiger partial charge on any atom is -0.466 e. The Kier molecular flexibility index (Phi) is 8.02. The highest BCUT2D eigenvalue weighted by Gasteiger charge is 2.35. The van der Waals surface area contributed by atoms with E-state index in [2.05, 4.69) is 5.32 Å². The predicted molar refractivity (Wildman–Crippen MR) is 76.1 cm³/mol. The van der Waals surface area contributed by atoms with E-state index in [9.17, 15) is 9.59 Å². The van der Waals surface area contributed by atoms with E-state index in [1.807, 2.05) is 0 Å². The number of nitrogens with one attached hydrogen (secondary N) is 1. The number of esters is 1. The zero-order valence-electron chi connectivity index (χ0n) is 11.7. The van der Waals surface area contributed by atoms with Crippen molar-refractivity contribution in [2.24, 2.45) is 11.7 Å². The first-order chi connectivity index (χ1) is 8.49. The Labute approximate surface area is 121 Å². The normalized spacial score (nSPS) is 18.9. The SMILES string of the molecule is CCOC(=O)C(C)CNC(=O)C1(N)CCCCC1.Cl. The zero-order chi connectivity index (χ0) is 13.6. The van der Waals surface area contributed by atoms with E-state index >= 15 is 0 Å². The molecule has 5 nitrogen and oxygen atoms in total. The first-order valence-electron chi connectivity index (χ1n) is 6.73. The Morgan fingerprint density at radius 1 is 1.32 bits per heavy atom. The van der Waals surface area contributed by atoms with Gasteiger partial charge in [-0.05, 0) is 19.8 Å². The van der Waals surface area contributed by atoms with Crippen LogP contribution >= 0.6 is 12.4 Å². The molecule has 1 amide bonds. The molecule has 1 saturated carbocycles. The van der Waals surface area contributed by atoms with E-state index in [1.54, 1.807) is 13.8 Å². The summed E-state index contributed by atoms with van der Waals surface area (Å²) >= 11 is 0. The first-order valence-corrected chi connectivity index (χ1v) is 6.73. The highest BCUT2D eigenvalue weighted by Crippen LogP contribution is 2.25. The molecule has 0 aliphatic heterocycles. The molecule has 1 rings (SSSR count). The standard InChI is InChI=1S/C13H24N2O3.ClH/c1-3-18-11(16)10(2)9-15-12(17)13(14)7-5-4-6-8-13;/h10H,3-9,14H2,1-2H3,(H,15,17);1H. The van der Waals surface area contributed by atoms with Gasteiger partial charge in [0.25, 0.3) is 0 Å². The minimum absolute atomic E-state index is 0. The fraction of sp³-hybridized carbons (Fsp3) is 0.846. The van der Waals surface area contributed by atoms with Crippen LogP contribution in [0, 0.1) is 5.92 Å². The van der Waals surface area contributed by atoms with Crippen LogP contribution in [0.4, 0.5) is 0 Å². The van der Waals surface area contributed by atoms with Gasteiger partial charge < -0.3 is 15.8 Å². The average Bonchev–Trinajstić information content (AvgIpc) is 2.36. The van der Waals surface area contributed by atoms with Gasteiger partial charge in [0.15, 0.2) is 0 Å². The quantitative estimate of drug-likeness (QED) is 0.750. The monoisotopic (exact) mass is 292 g/mol. The molecule has 1 fully saturated rings. The fourth-order valence-corrected chi connectivity index (χ4v) is 2.20. The molecule has 0 radical (unpaired) electrons. The summed E-state index contributed by atoms with van der Waals surface area (Å²) in [6.07, 6.45) is 4.60. The van der Waals surface area contributed by atoms with Gasteiger partial charge in [-0.25, -0.2) is 0 Å². The maximum absolute atomic E-state index is 12.0. The lowest BCUT2D eigenvalue weighted by molar-refractivity contribution is -0.147. The summed E-state index contributed by atoms with van der Waals surface area (Å²) in [4.78, 5) is 23.4. The molecule has 6 heteroatoms. The lowest BCUT2D eigenvalue weighted by Gasteiger charge is -2.32. The topological polar surface area (TPSA) is 81.4 Å². The van der Waals surface area contributed by atoms with E-state index in [0.717, 1.165) is 32.1 Å². The van der Waals surface area contributed by atoms with Crippen molar-refractivity contribution in [1.82, 2.24) is 5.32 Å². The molecule has 0 aromatic heterocycles. The molecule has 1 unspecified atom stereocenters. The third-order valence-electron chi connectivity index (χ3n) is 3.46. The molecule has 0 aromatic rings. The molecule has 1 aliphatic rings. The Morgan fingerprint density at radius 2 is 1.89 bits per heavy atom. The number of carbonyl (C=O) groups is 2. The van der Waals surface area contributed by atoms with Gasteiger partial charge in [0, 0.05) is 6.54 Å². The maximum atomic E-state index is 12.0. The van der Waals surface area contributed by atoms with Gasteiger partial charge in [-0.1, -0.05) is 26.2 Å². The molecule has 0 aromatic carbocycles. The van der Waals surface area contributed by atoms with Crippen molar-refractivity contribution in [3.05, 3.63) is 0 Å². The second-order valence-electron chi connectivity index (χ2n) is 5.08. The molecule has 1 atom stereocenters. The number of nitrogens with two attached hydrogens (primary N) is 1. The summed E-state index contributed by atoms with van der Waals surface area (Å²) < 4.78 is 4.89. The van der Waals surface area contributed by atoms with Gasteiger partial charge in [0.2, 0.25) is 5.91 Å². The van der Waals surface area contributed by atoms with Crippen molar-refractivity contribution in [3.63, 3.8) is 0 Å². The lowest BCUT2D eigenvalue weighted by atomic mass is 9.82. The largest absolute Gasteiger partial charge is 0.466 e. The number of amides is 1. The molecule has 0 saturated heterocycles. The van der Waals surface area contributed by atoms with Crippen LogP contribution in [0.15, 0.2) is 0 Å². The number of carbonyl (C=O) groups excluding carboxylic acids is 2. The molecule has 0 spiro atoms. The molecule has 1 aliphatic carbocycles. The number of rotatable bonds is 5. The van der Waals surface area contributed by atoms with Gasteiger partial charge in [0.1, 0.15) is 0 Å². The number of hydrogen-bond donors (Lipinski definition) is 2. The third kappa shape index (κ3) is 5.37. The van der Waals surface area contributed by atoms with Crippen molar-refractivity contribution in [3.8, 4) is 0 Å². The van der Waals surface area contributed by atoms with Gasteiger partial charge in [-0.15, -0.1) is 12.4 Å². The van der Waals surface area contributed by atoms with Crippen molar-refractivity contribution < 1.29 is 14.3 Å². The van der Waals surface area contributed by atoms with Crippen LogP contribution in [-0.4, -0.2) is 30.6 Å². The van der Waals surface area contributed by atoms with Crippen molar-refractivity contribution in [2.45, 2.75) is 51.5 Å². The number of hydrogen-bond acceptors (Lipinski definition) is 4. The third-order valence-corrected chi connectivity index (χ3v) is 3.46. The van der Waals surface area contributed by atoms with Crippen molar-refractivity contribution in [2.75, 3.05) is 13.2 Å². The highest BCUT2D eigenvalue weighted by molar-refractivity contribution is 5.86. The van der Waals surface area contributed by atoms with Crippen LogP contribution in [0.2, 0.25) is 0 Å². The minimum atomic E-state index is -0.743. The van der Waals surface area contributed by atoms with E-state index in [1.165, 1.54) is 0 Å². The fourth-order valence-electron chi connectivity index (χ4n) is 2.20. The predicted octanol–water partition coefficient (Wildman–Crippen LogP) is 1.39. The summed E-state index contributed by atoms with van der Waals surface area (Å²) in [5, 5.41) is 2.77. The molecular formula is C13H25ClN2O3. The van der Waals surface area contributed by atoms with Crippen LogP contribution < -0.4 is 11.1 Å². The van der Waals surface area contributed by atoms with Gasteiger partial charge in [-0.2, -0.15) is 0 Å². The molecular weight excluding hydrogens is 268 g/mol. The van der Waals surface area contributed by atoms with Gasteiger partial charge in [0.05, 0.1) is 18.1 Å². The molecule has 0 heterocycles. The Bertz CT molecular complexity index is 304. The first kappa shape index (κ1) is 18.2. The second-order valence-corrected chi connectivity index (χ2v) is 5.08. The van der Waals surface area contributed by atoms with Gasteiger partial charge in [-0.3, -0.25) is 9.59 Å². The number of ether oxygens (including phenoxy) is 1. The Hall–Kier alpha value is -0.810. The van der Waals surface area contributed by atoms with Crippen LogP contribution in [0.1, 0.15) is 46.0 Å². The summed E-state index contributed by atoms with van der Waals surface area (Å²) in [5.74, 6) is -0.757. The summed E-state index contributed by atoms with van der Waals surface area (Å²) in [7, 11) is 0. The van der Waals surface area contributed by atoms with Crippen LogP contribution in [0.25, 0.3) is 0 Å². The van der Waals surface area contributed by atoms with E-state index < -0.39 is 5.54 Å². The molecule has 3 N–H and O–H groups in total. The van der Waals surface area contributed by atoms with E-state index in [-0.39, 0.29) is 36.7 Å². The molecule has 112 valence electrons. The Balaban J connectivity index is 0.00000324. The smallest absolute Gasteiger partial charge is 0.310 e. The van der Waals surface area contributed by atoms with E-state index in [0.29, 0.717) is 6.61 Å². The Morgan fingerprint density at radius 3 is 2.42 bits per heavy atom. The van der Waals surface area contributed by atoms with Crippen LogP contribution in [0.5, 0.6) is 0 Å². The number of halogens is 1. The summed E-state index contributed by atoms with van der Waals surface area (Å²) in [6.45, 7) is 4.15. The maximum Gasteiger partial charge on any atom is 0.310 e. The zero-order valence-corrected chi connectivity index (χ0v) is 12.6. The van der Waals surface area contributed by atoms with Gasteiger partial charge >= 0.3 is 5.97 Å². The average molecular weight is 293 g/mol. The molecule has 19 heavy (non-hydrogen) atoms. The lowest BCUT2D eigenvalue weighted by Crippen LogP contribution is -2.55. The van der Waals surface area contributed by atoms with Crippen molar-refractivity contribution in [1.29, 1.82) is 0 Å². The van der Waals surface area contributed by atoms with Crippen LogP contribution in [-0.2, 0) is 14.3 Å². The summed E-state index contributed by atoms with van der Waals surface area (Å²) in [5.41, 5.74) is 5.35.